The standard InChI is InChI=1S/C21H19ClN2O3/c1-4-11-24-20(25)18(15-7-5-6-8-17(15)27-3)19(21(24)26)23-14-10-9-13(2)16(22)12-14/h4-10,12,23H,1,11H2,2-3H3. The van der Waals surface area contributed by atoms with Crippen molar-refractivity contribution < 1.29 is 14.3 Å². The minimum atomic E-state index is -0.419. The summed E-state index contributed by atoms with van der Waals surface area (Å²) in [5.74, 6) is -0.307. The highest BCUT2D eigenvalue weighted by molar-refractivity contribution is 6.37. The van der Waals surface area contributed by atoms with Gasteiger partial charge in [0.2, 0.25) is 0 Å². The van der Waals surface area contributed by atoms with Gasteiger partial charge in [-0.3, -0.25) is 14.5 Å². The number of benzene rings is 2. The lowest BCUT2D eigenvalue weighted by Crippen LogP contribution is -2.32. The van der Waals surface area contributed by atoms with Crippen LogP contribution in [0.15, 0.2) is 60.8 Å². The summed E-state index contributed by atoms with van der Waals surface area (Å²) < 4.78 is 5.38. The third-order valence-corrected chi connectivity index (χ3v) is 4.70. The number of halogens is 1. The molecule has 0 unspecified atom stereocenters. The fourth-order valence-corrected chi connectivity index (χ4v) is 3.08. The second-order valence-electron chi connectivity index (χ2n) is 6.05. The molecule has 0 aromatic heterocycles. The molecular formula is C21H19ClN2O3. The molecule has 138 valence electrons. The highest BCUT2D eigenvalue weighted by atomic mass is 35.5. The van der Waals surface area contributed by atoms with Crippen molar-refractivity contribution in [3.05, 3.63) is 77.0 Å². The van der Waals surface area contributed by atoms with E-state index < -0.39 is 11.8 Å². The van der Waals surface area contributed by atoms with E-state index in [1.807, 2.05) is 19.1 Å². The highest BCUT2D eigenvalue weighted by Gasteiger charge is 2.39. The number of methoxy groups -OCH3 is 1. The topological polar surface area (TPSA) is 58.6 Å². The Hall–Kier alpha value is -3.05. The van der Waals surface area contributed by atoms with E-state index in [0.717, 1.165) is 10.5 Å². The van der Waals surface area contributed by atoms with Crippen LogP contribution in [0.3, 0.4) is 0 Å². The van der Waals surface area contributed by atoms with Crippen molar-refractivity contribution in [1.82, 2.24) is 4.90 Å². The lowest BCUT2D eigenvalue weighted by atomic mass is 10.0. The summed E-state index contributed by atoms with van der Waals surface area (Å²) in [4.78, 5) is 27.0. The van der Waals surface area contributed by atoms with Crippen molar-refractivity contribution in [2.24, 2.45) is 0 Å². The van der Waals surface area contributed by atoms with E-state index in [0.29, 0.717) is 22.0 Å². The number of para-hydroxylation sites is 1. The minimum Gasteiger partial charge on any atom is -0.496 e. The van der Waals surface area contributed by atoms with Crippen molar-refractivity contribution in [3.63, 3.8) is 0 Å². The van der Waals surface area contributed by atoms with Crippen LogP contribution in [0.5, 0.6) is 5.75 Å². The van der Waals surface area contributed by atoms with Gasteiger partial charge in [0.25, 0.3) is 11.8 Å². The molecule has 0 spiro atoms. The molecule has 0 saturated carbocycles. The molecule has 27 heavy (non-hydrogen) atoms. The summed E-state index contributed by atoms with van der Waals surface area (Å²) in [5, 5.41) is 3.64. The minimum absolute atomic E-state index is 0.121. The molecule has 0 fully saturated rings. The summed E-state index contributed by atoms with van der Waals surface area (Å²) >= 11 is 6.19. The molecule has 2 aromatic carbocycles. The molecule has 3 rings (SSSR count). The second-order valence-corrected chi connectivity index (χ2v) is 6.46. The Morgan fingerprint density at radius 1 is 1.19 bits per heavy atom. The molecule has 2 amide bonds. The van der Waals surface area contributed by atoms with Gasteiger partial charge in [0.1, 0.15) is 11.4 Å². The zero-order valence-electron chi connectivity index (χ0n) is 15.1. The van der Waals surface area contributed by atoms with Crippen molar-refractivity contribution in [2.75, 3.05) is 19.0 Å². The highest BCUT2D eigenvalue weighted by Crippen LogP contribution is 2.35. The second kappa shape index (κ2) is 7.68. The molecule has 0 atom stereocenters. The first-order chi connectivity index (χ1) is 13.0. The molecule has 2 aromatic rings. The summed E-state index contributed by atoms with van der Waals surface area (Å²) in [7, 11) is 1.52. The van der Waals surface area contributed by atoms with Gasteiger partial charge in [-0.15, -0.1) is 6.58 Å². The Morgan fingerprint density at radius 3 is 2.59 bits per heavy atom. The molecule has 0 radical (unpaired) electrons. The number of nitrogens with one attached hydrogen (secondary N) is 1. The van der Waals surface area contributed by atoms with Crippen LogP contribution in [0.1, 0.15) is 11.1 Å². The van der Waals surface area contributed by atoms with E-state index >= 15 is 0 Å². The maximum absolute atomic E-state index is 13.0. The number of nitrogens with zero attached hydrogens (tertiary/aromatic N) is 1. The number of carbonyl (C=O) groups excluding carboxylic acids is 2. The summed E-state index contributed by atoms with van der Waals surface area (Å²) in [6.07, 6.45) is 1.52. The van der Waals surface area contributed by atoms with Crippen LogP contribution in [-0.4, -0.2) is 30.4 Å². The average Bonchev–Trinajstić information content (AvgIpc) is 2.89. The smallest absolute Gasteiger partial charge is 0.278 e. The van der Waals surface area contributed by atoms with Gasteiger partial charge in [-0.1, -0.05) is 41.9 Å². The fourth-order valence-electron chi connectivity index (χ4n) is 2.90. The molecule has 0 bridgehead atoms. The Bertz CT molecular complexity index is 966. The number of rotatable bonds is 6. The lowest BCUT2D eigenvalue weighted by molar-refractivity contribution is -0.136. The SMILES string of the molecule is C=CCN1C(=O)C(Nc2ccc(C)c(Cl)c2)=C(c2ccccc2OC)C1=O. The third kappa shape index (κ3) is 3.46. The van der Waals surface area contributed by atoms with E-state index in [9.17, 15) is 9.59 Å². The zero-order valence-corrected chi connectivity index (χ0v) is 15.8. The number of amides is 2. The van der Waals surface area contributed by atoms with Gasteiger partial charge in [-0.2, -0.15) is 0 Å². The van der Waals surface area contributed by atoms with Gasteiger partial charge in [0.05, 0.1) is 12.7 Å². The number of ether oxygens (including phenoxy) is 1. The van der Waals surface area contributed by atoms with E-state index in [-0.39, 0.29) is 17.8 Å². The largest absolute Gasteiger partial charge is 0.496 e. The van der Waals surface area contributed by atoms with Crippen molar-refractivity contribution in [1.29, 1.82) is 0 Å². The summed E-state index contributed by atoms with van der Waals surface area (Å²) in [6.45, 7) is 5.64. The van der Waals surface area contributed by atoms with Gasteiger partial charge >= 0.3 is 0 Å². The lowest BCUT2D eigenvalue weighted by Gasteiger charge is -2.13. The third-order valence-electron chi connectivity index (χ3n) is 4.30. The van der Waals surface area contributed by atoms with Crippen LogP contribution in [0, 0.1) is 6.92 Å². The number of hydrogen-bond donors (Lipinski definition) is 1. The molecule has 1 aliphatic heterocycles. The van der Waals surface area contributed by atoms with E-state index in [4.69, 9.17) is 16.3 Å². The number of carbonyl (C=O) groups is 2. The molecule has 0 aliphatic carbocycles. The van der Waals surface area contributed by atoms with Crippen LogP contribution in [0.2, 0.25) is 5.02 Å². The van der Waals surface area contributed by atoms with Gasteiger partial charge in [0.15, 0.2) is 0 Å². The number of aryl methyl sites for hydroxylation is 1. The first kappa shape index (κ1) is 18.7. The first-order valence-electron chi connectivity index (χ1n) is 8.35. The van der Waals surface area contributed by atoms with Crippen molar-refractivity contribution >= 4 is 34.7 Å². The number of imide groups is 1. The predicted molar refractivity (Wildman–Crippen MR) is 107 cm³/mol. The molecule has 1 aliphatic rings. The zero-order chi connectivity index (χ0) is 19.6. The number of anilines is 1. The Kier molecular flexibility index (Phi) is 5.33. The first-order valence-corrected chi connectivity index (χ1v) is 8.73. The van der Waals surface area contributed by atoms with E-state index in [2.05, 4.69) is 11.9 Å². The van der Waals surface area contributed by atoms with Crippen LogP contribution in [0.4, 0.5) is 5.69 Å². The Balaban J connectivity index is 2.14. The van der Waals surface area contributed by atoms with Crippen LogP contribution in [-0.2, 0) is 9.59 Å². The molecule has 5 nitrogen and oxygen atoms in total. The fraction of sp³-hybridized carbons (Fsp3) is 0.143. The van der Waals surface area contributed by atoms with Crippen LogP contribution in [0.25, 0.3) is 5.57 Å². The average molecular weight is 383 g/mol. The molecule has 1 N–H and O–H groups in total. The molecular weight excluding hydrogens is 364 g/mol. The van der Waals surface area contributed by atoms with Gasteiger partial charge in [0, 0.05) is 22.8 Å². The van der Waals surface area contributed by atoms with E-state index in [1.165, 1.54) is 13.2 Å². The van der Waals surface area contributed by atoms with Crippen LogP contribution >= 0.6 is 11.6 Å². The van der Waals surface area contributed by atoms with E-state index in [1.54, 1.807) is 30.3 Å². The Morgan fingerprint density at radius 2 is 1.93 bits per heavy atom. The van der Waals surface area contributed by atoms with Gasteiger partial charge < -0.3 is 10.1 Å². The summed E-state index contributed by atoms with van der Waals surface area (Å²) in [6, 6.07) is 12.5. The van der Waals surface area contributed by atoms with Gasteiger partial charge in [-0.05, 0) is 30.7 Å². The summed E-state index contributed by atoms with van der Waals surface area (Å²) in [5.41, 5.74) is 2.53. The molecule has 6 heteroatoms. The predicted octanol–water partition coefficient (Wildman–Crippen LogP) is 4.04. The maximum Gasteiger partial charge on any atom is 0.278 e. The molecule has 1 heterocycles. The quantitative estimate of drug-likeness (QED) is 0.605. The normalized spacial score (nSPS) is 14.0. The Labute approximate surface area is 162 Å². The van der Waals surface area contributed by atoms with Gasteiger partial charge in [-0.25, -0.2) is 0 Å². The molecule has 0 saturated heterocycles. The number of hydrogen-bond acceptors (Lipinski definition) is 4. The maximum atomic E-state index is 13.0. The van der Waals surface area contributed by atoms with Crippen molar-refractivity contribution in [3.8, 4) is 5.75 Å². The van der Waals surface area contributed by atoms with Crippen LogP contribution < -0.4 is 10.1 Å². The van der Waals surface area contributed by atoms with Crippen molar-refractivity contribution in [2.45, 2.75) is 6.92 Å². The monoisotopic (exact) mass is 382 g/mol.